The lowest BCUT2D eigenvalue weighted by atomic mass is 10.3. The van der Waals surface area contributed by atoms with Crippen LogP contribution in [0.4, 0.5) is 0 Å². The first-order chi connectivity index (χ1) is 10.7. The van der Waals surface area contributed by atoms with Crippen LogP contribution in [0.2, 0.25) is 0 Å². The summed E-state index contributed by atoms with van der Waals surface area (Å²) in [5.74, 6) is 0.186. The molecule has 2 heterocycles. The van der Waals surface area contributed by atoms with E-state index in [1.807, 2.05) is 0 Å². The molecule has 1 unspecified atom stereocenters. The molecule has 2 N–H and O–H groups in total. The number of nitrogens with one attached hydrogen (secondary N) is 2. The maximum Gasteiger partial charge on any atom is 0.277 e. The second kappa shape index (κ2) is 7.14. The molecule has 2 aromatic rings. The van der Waals surface area contributed by atoms with E-state index in [-0.39, 0.29) is 22.6 Å². The molecule has 0 aliphatic rings. The van der Waals surface area contributed by atoms with Crippen LogP contribution in [0.25, 0.3) is 0 Å². The van der Waals surface area contributed by atoms with Gasteiger partial charge in [-0.3, -0.25) is 0 Å². The van der Waals surface area contributed by atoms with Crippen LogP contribution in [0.5, 0.6) is 0 Å². The standard InChI is InChI=1S/C13H18N2O5S3/c1-10(2)15-23(18,19)14-9-12(11-5-3-7-20-11)22(16,17)13-6-4-8-21-13/h3-8,10,12,14-15H,9H2,1-2H3. The molecule has 0 radical (unpaired) electrons. The molecule has 0 saturated carbocycles. The van der Waals surface area contributed by atoms with Gasteiger partial charge in [0.2, 0.25) is 0 Å². The minimum absolute atomic E-state index is 0.162. The van der Waals surface area contributed by atoms with Crippen molar-refractivity contribution < 1.29 is 21.3 Å². The van der Waals surface area contributed by atoms with Crippen LogP contribution in [0.15, 0.2) is 44.5 Å². The van der Waals surface area contributed by atoms with Crippen LogP contribution in [-0.4, -0.2) is 29.4 Å². The van der Waals surface area contributed by atoms with E-state index in [0.29, 0.717) is 0 Å². The second-order valence-corrected chi connectivity index (χ2v) is 9.94. The van der Waals surface area contributed by atoms with Crippen LogP contribution in [0, 0.1) is 0 Å². The van der Waals surface area contributed by atoms with Crippen molar-refractivity contribution >= 4 is 31.4 Å². The molecule has 0 aliphatic carbocycles. The topological polar surface area (TPSA) is 105 Å². The van der Waals surface area contributed by atoms with Crippen LogP contribution in [0.3, 0.4) is 0 Å². The number of thiophene rings is 1. The van der Waals surface area contributed by atoms with E-state index in [9.17, 15) is 16.8 Å². The first-order valence-corrected chi connectivity index (χ1v) is 10.7. The normalized spacial score (nSPS) is 14.2. The van der Waals surface area contributed by atoms with Crippen molar-refractivity contribution in [2.45, 2.75) is 29.3 Å². The summed E-state index contributed by atoms with van der Waals surface area (Å²) in [7, 11) is -7.56. The summed E-state index contributed by atoms with van der Waals surface area (Å²) in [6.45, 7) is 3.02. The van der Waals surface area contributed by atoms with Crippen molar-refractivity contribution in [3.05, 3.63) is 41.7 Å². The van der Waals surface area contributed by atoms with Gasteiger partial charge in [0.15, 0.2) is 9.84 Å². The van der Waals surface area contributed by atoms with Crippen LogP contribution in [-0.2, 0) is 20.0 Å². The SMILES string of the molecule is CC(C)NS(=O)(=O)NCC(c1ccco1)S(=O)(=O)c1cccs1. The van der Waals surface area contributed by atoms with Crippen LogP contribution < -0.4 is 9.44 Å². The largest absolute Gasteiger partial charge is 0.468 e. The number of hydrogen-bond donors (Lipinski definition) is 2. The fraction of sp³-hybridized carbons (Fsp3) is 0.385. The highest BCUT2D eigenvalue weighted by atomic mass is 32.2. The number of rotatable bonds is 8. The zero-order chi connectivity index (χ0) is 17.1. The fourth-order valence-corrected chi connectivity index (χ4v) is 5.93. The molecule has 10 heteroatoms. The van der Waals surface area contributed by atoms with Crippen molar-refractivity contribution in [3.63, 3.8) is 0 Å². The van der Waals surface area contributed by atoms with Gasteiger partial charge in [0.05, 0.1) is 6.26 Å². The lowest BCUT2D eigenvalue weighted by Gasteiger charge is -2.16. The predicted octanol–water partition coefficient (Wildman–Crippen LogP) is 1.69. The summed E-state index contributed by atoms with van der Waals surface area (Å²) in [6, 6.07) is 5.88. The Hall–Kier alpha value is -1.20. The second-order valence-electron chi connectivity index (χ2n) is 5.11. The Bertz CT molecular complexity index is 809. The van der Waals surface area contributed by atoms with Gasteiger partial charge in [-0.2, -0.15) is 13.1 Å². The molecule has 0 saturated heterocycles. The summed E-state index contributed by atoms with van der Waals surface area (Å²) in [6.07, 6.45) is 1.35. The van der Waals surface area contributed by atoms with Crippen molar-refractivity contribution in [1.82, 2.24) is 9.44 Å². The fourth-order valence-electron chi connectivity index (χ4n) is 1.94. The zero-order valence-electron chi connectivity index (χ0n) is 12.6. The summed E-state index contributed by atoms with van der Waals surface area (Å²) in [5, 5.41) is 0.510. The molecular formula is C13H18N2O5S3. The van der Waals surface area contributed by atoms with E-state index in [2.05, 4.69) is 9.44 Å². The summed E-state index contributed by atoms with van der Waals surface area (Å²) >= 11 is 1.08. The van der Waals surface area contributed by atoms with Gasteiger partial charge >= 0.3 is 0 Å². The van der Waals surface area contributed by atoms with E-state index in [4.69, 9.17) is 4.42 Å². The average Bonchev–Trinajstić information content (AvgIpc) is 3.10. The predicted molar refractivity (Wildman–Crippen MR) is 88.1 cm³/mol. The summed E-state index contributed by atoms with van der Waals surface area (Å²) in [5.41, 5.74) is 0. The Kier molecular flexibility index (Phi) is 5.63. The van der Waals surface area contributed by atoms with Gasteiger partial charge < -0.3 is 4.42 Å². The number of sulfone groups is 1. The molecule has 128 valence electrons. The van der Waals surface area contributed by atoms with Gasteiger partial charge in [-0.25, -0.2) is 13.1 Å². The molecule has 0 spiro atoms. The monoisotopic (exact) mass is 378 g/mol. The molecule has 23 heavy (non-hydrogen) atoms. The van der Waals surface area contributed by atoms with Crippen molar-refractivity contribution in [2.75, 3.05) is 6.54 Å². The third kappa shape index (κ3) is 4.64. The molecule has 2 rings (SSSR count). The maximum absolute atomic E-state index is 12.7. The Morgan fingerprint density at radius 2 is 1.91 bits per heavy atom. The Morgan fingerprint density at radius 1 is 1.17 bits per heavy atom. The quantitative estimate of drug-likeness (QED) is 0.727. The molecule has 7 nitrogen and oxygen atoms in total. The summed E-state index contributed by atoms with van der Waals surface area (Å²) in [4.78, 5) is 0. The van der Waals surface area contributed by atoms with E-state index in [1.54, 1.807) is 31.4 Å². The Balaban J connectivity index is 2.27. The highest BCUT2D eigenvalue weighted by Gasteiger charge is 2.33. The van der Waals surface area contributed by atoms with E-state index >= 15 is 0 Å². The molecule has 0 amide bonds. The highest BCUT2D eigenvalue weighted by Crippen LogP contribution is 2.31. The smallest absolute Gasteiger partial charge is 0.277 e. The first kappa shape index (κ1) is 18.1. The molecule has 2 aromatic heterocycles. The Morgan fingerprint density at radius 3 is 2.43 bits per heavy atom. The third-order valence-electron chi connectivity index (χ3n) is 2.86. The molecular weight excluding hydrogens is 360 g/mol. The van der Waals surface area contributed by atoms with Crippen molar-refractivity contribution in [3.8, 4) is 0 Å². The van der Waals surface area contributed by atoms with Gasteiger partial charge in [0, 0.05) is 12.6 Å². The van der Waals surface area contributed by atoms with Crippen molar-refractivity contribution in [1.29, 1.82) is 0 Å². The van der Waals surface area contributed by atoms with Gasteiger partial charge in [-0.1, -0.05) is 6.07 Å². The molecule has 0 fully saturated rings. The van der Waals surface area contributed by atoms with E-state index in [1.165, 1.54) is 18.4 Å². The van der Waals surface area contributed by atoms with E-state index < -0.39 is 25.3 Å². The van der Waals surface area contributed by atoms with Gasteiger partial charge in [-0.05, 0) is 37.4 Å². The Labute approximate surface area is 139 Å². The molecule has 0 aromatic carbocycles. The third-order valence-corrected chi connectivity index (χ3v) is 7.68. The van der Waals surface area contributed by atoms with Crippen LogP contribution in [0.1, 0.15) is 24.9 Å². The summed E-state index contributed by atoms with van der Waals surface area (Å²) < 4.78 is 59.2. The lowest BCUT2D eigenvalue weighted by molar-refractivity contribution is 0.485. The number of furan rings is 1. The van der Waals surface area contributed by atoms with Gasteiger partial charge in [-0.15, -0.1) is 11.3 Å². The molecule has 1 atom stereocenters. The minimum atomic E-state index is -3.80. The van der Waals surface area contributed by atoms with Crippen LogP contribution >= 0.6 is 11.3 Å². The van der Waals surface area contributed by atoms with Gasteiger partial charge in [0.25, 0.3) is 10.2 Å². The van der Waals surface area contributed by atoms with Gasteiger partial charge in [0.1, 0.15) is 15.2 Å². The zero-order valence-corrected chi connectivity index (χ0v) is 15.0. The van der Waals surface area contributed by atoms with E-state index in [0.717, 1.165) is 11.3 Å². The first-order valence-electron chi connectivity index (χ1n) is 6.80. The molecule has 0 aliphatic heterocycles. The average molecular weight is 378 g/mol. The number of hydrogen-bond acceptors (Lipinski definition) is 6. The van der Waals surface area contributed by atoms with Crippen molar-refractivity contribution in [2.24, 2.45) is 0 Å². The maximum atomic E-state index is 12.7. The molecule has 0 bridgehead atoms. The lowest BCUT2D eigenvalue weighted by Crippen LogP contribution is -2.42. The highest BCUT2D eigenvalue weighted by molar-refractivity contribution is 7.93. The minimum Gasteiger partial charge on any atom is -0.468 e.